The standard InChI is InChI=1S/C14H14F3N3S/c15-14(16,17)8-6-12(18)20-13(7-8)19-10-2-1-3-11-9(10)4-5-21-11/h4-7,10H,1-3H2,(H3,18,19,20). The maximum atomic E-state index is 12.8. The van der Waals surface area contributed by atoms with Crippen molar-refractivity contribution in [1.29, 1.82) is 0 Å². The smallest absolute Gasteiger partial charge is 0.384 e. The molecule has 0 aromatic carbocycles. The number of nitrogen functional groups attached to an aromatic ring is 1. The topological polar surface area (TPSA) is 50.9 Å². The van der Waals surface area contributed by atoms with Crippen LogP contribution in [0.2, 0.25) is 0 Å². The van der Waals surface area contributed by atoms with Crippen molar-refractivity contribution in [3.8, 4) is 0 Å². The van der Waals surface area contributed by atoms with Crippen LogP contribution >= 0.6 is 11.3 Å². The van der Waals surface area contributed by atoms with E-state index in [-0.39, 0.29) is 17.7 Å². The molecular weight excluding hydrogens is 299 g/mol. The number of nitrogens with two attached hydrogens (primary N) is 1. The van der Waals surface area contributed by atoms with Crippen LogP contribution in [-0.2, 0) is 12.6 Å². The van der Waals surface area contributed by atoms with Crippen molar-refractivity contribution < 1.29 is 13.2 Å². The predicted molar refractivity (Wildman–Crippen MR) is 77.3 cm³/mol. The molecule has 2 aromatic heterocycles. The highest BCUT2D eigenvalue weighted by Crippen LogP contribution is 2.37. The molecule has 0 radical (unpaired) electrons. The summed E-state index contributed by atoms with van der Waals surface area (Å²) in [6.45, 7) is 0. The molecule has 1 atom stereocenters. The largest absolute Gasteiger partial charge is 0.416 e. The maximum absolute atomic E-state index is 12.8. The normalized spacial score (nSPS) is 18.3. The zero-order chi connectivity index (χ0) is 15.0. The monoisotopic (exact) mass is 313 g/mol. The lowest BCUT2D eigenvalue weighted by atomic mass is 9.94. The van der Waals surface area contributed by atoms with Gasteiger partial charge in [0.1, 0.15) is 11.6 Å². The number of thiophene rings is 1. The first-order chi connectivity index (χ1) is 9.93. The van der Waals surface area contributed by atoms with Gasteiger partial charge in [-0.2, -0.15) is 13.2 Å². The second kappa shape index (κ2) is 5.22. The zero-order valence-electron chi connectivity index (χ0n) is 11.1. The van der Waals surface area contributed by atoms with E-state index in [2.05, 4.69) is 10.3 Å². The van der Waals surface area contributed by atoms with Crippen LogP contribution in [-0.4, -0.2) is 4.98 Å². The number of alkyl halides is 3. The fraction of sp³-hybridized carbons (Fsp3) is 0.357. The van der Waals surface area contributed by atoms with Crippen molar-refractivity contribution in [2.24, 2.45) is 0 Å². The van der Waals surface area contributed by atoms with Gasteiger partial charge in [-0.1, -0.05) is 0 Å². The molecule has 112 valence electrons. The molecule has 0 saturated carbocycles. The summed E-state index contributed by atoms with van der Waals surface area (Å²) in [7, 11) is 0. The van der Waals surface area contributed by atoms with Crippen molar-refractivity contribution >= 4 is 23.0 Å². The van der Waals surface area contributed by atoms with Crippen LogP contribution in [0.25, 0.3) is 0 Å². The van der Waals surface area contributed by atoms with Crippen LogP contribution in [0.5, 0.6) is 0 Å². The Balaban J connectivity index is 1.88. The first-order valence-corrected chi connectivity index (χ1v) is 7.49. The molecule has 1 unspecified atom stereocenters. The third kappa shape index (κ3) is 2.97. The molecule has 2 heterocycles. The number of fused-ring (bicyclic) bond motifs is 1. The molecule has 3 rings (SSSR count). The van der Waals surface area contributed by atoms with Gasteiger partial charge in [-0.3, -0.25) is 0 Å². The molecule has 2 aromatic rings. The van der Waals surface area contributed by atoms with E-state index >= 15 is 0 Å². The highest BCUT2D eigenvalue weighted by atomic mass is 32.1. The number of aromatic nitrogens is 1. The highest BCUT2D eigenvalue weighted by Gasteiger charge is 2.32. The zero-order valence-corrected chi connectivity index (χ0v) is 11.9. The van der Waals surface area contributed by atoms with Gasteiger partial charge in [-0.25, -0.2) is 4.98 Å². The average molecular weight is 313 g/mol. The van der Waals surface area contributed by atoms with Gasteiger partial charge in [0.25, 0.3) is 0 Å². The summed E-state index contributed by atoms with van der Waals surface area (Å²) in [4.78, 5) is 5.26. The molecule has 0 saturated heterocycles. The maximum Gasteiger partial charge on any atom is 0.416 e. The molecule has 0 bridgehead atoms. The Kier molecular flexibility index (Phi) is 3.52. The van der Waals surface area contributed by atoms with E-state index in [1.165, 1.54) is 4.88 Å². The number of nitrogens with one attached hydrogen (secondary N) is 1. The minimum atomic E-state index is -4.42. The Morgan fingerprint density at radius 1 is 1.33 bits per heavy atom. The summed E-state index contributed by atoms with van der Waals surface area (Å²) in [5, 5.41) is 5.10. The van der Waals surface area contributed by atoms with E-state index in [0.717, 1.165) is 37.0 Å². The van der Waals surface area contributed by atoms with Gasteiger partial charge in [0.15, 0.2) is 0 Å². The number of nitrogens with zero attached hydrogens (tertiary/aromatic N) is 1. The SMILES string of the molecule is Nc1cc(C(F)(F)F)cc(NC2CCCc3sccc32)n1. The molecule has 1 aliphatic carbocycles. The summed E-state index contributed by atoms with van der Waals surface area (Å²) >= 11 is 1.69. The third-order valence-corrected chi connectivity index (χ3v) is 4.54. The van der Waals surface area contributed by atoms with E-state index < -0.39 is 11.7 Å². The summed E-state index contributed by atoms with van der Waals surface area (Å²) in [5.41, 5.74) is 5.86. The number of rotatable bonds is 2. The average Bonchev–Trinajstić information content (AvgIpc) is 2.86. The van der Waals surface area contributed by atoms with Gasteiger partial charge >= 0.3 is 6.18 Å². The first-order valence-electron chi connectivity index (χ1n) is 6.61. The van der Waals surface area contributed by atoms with Gasteiger partial charge < -0.3 is 11.1 Å². The molecular formula is C14H14F3N3S. The van der Waals surface area contributed by atoms with Gasteiger partial charge in [0.05, 0.1) is 11.6 Å². The summed E-state index contributed by atoms with van der Waals surface area (Å²) < 4.78 is 38.4. The minimum absolute atomic E-state index is 0.00427. The number of hydrogen-bond donors (Lipinski definition) is 2. The minimum Gasteiger partial charge on any atom is -0.384 e. The van der Waals surface area contributed by atoms with Gasteiger partial charge in [-0.05, 0) is 48.4 Å². The van der Waals surface area contributed by atoms with E-state index in [1.807, 2.05) is 11.4 Å². The Morgan fingerprint density at radius 2 is 2.14 bits per heavy atom. The van der Waals surface area contributed by atoms with Crippen LogP contribution in [0.15, 0.2) is 23.6 Å². The molecule has 0 spiro atoms. The lowest BCUT2D eigenvalue weighted by Crippen LogP contribution is -2.17. The number of halogens is 3. The van der Waals surface area contributed by atoms with Crippen molar-refractivity contribution in [3.05, 3.63) is 39.6 Å². The number of aryl methyl sites for hydroxylation is 1. The lowest BCUT2D eigenvalue weighted by Gasteiger charge is -2.24. The molecule has 7 heteroatoms. The Bertz CT molecular complexity index is 651. The molecule has 21 heavy (non-hydrogen) atoms. The second-order valence-corrected chi connectivity index (χ2v) is 6.05. The quantitative estimate of drug-likeness (QED) is 0.872. The van der Waals surface area contributed by atoms with Crippen LogP contribution in [0, 0.1) is 0 Å². The van der Waals surface area contributed by atoms with E-state index in [9.17, 15) is 13.2 Å². The van der Waals surface area contributed by atoms with Crippen LogP contribution in [0.1, 0.15) is 34.9 Å². The molecule has 3 N–H and O–H groups in total. The lowest BCUT2D eigenvalue weighted by molar-refractivity contribution is -0.137. The summed E-state index contributed by atoms with van der Waals surface area (Å²) in [6.07, 6.45) is -1.50. The highest BCUT2D eigenvalue weighted by molar-refractivity contribution is 7.10. The van der Waals surface area contributed by atoms with Gasteiger partial charge in [0.2, 0.25) is 0 Å². The molecule has 1 aliphatic rings. The van der Waals surface area contributed by atoms with E-state index in [4.69, 9.17) is 5.73 Å². The molecule has 0 aliphatic heterocycles. The van der Waals surface area contributed by atoms with Crippen molar-refractivity contribution in [2.75, 3.05) is 11.1 Å². The third-order valence-electron chi connectivity index (χ3n) is 3.55. The summed E-state index contributed by atoms with van der Waals surface area (Å²) in [6, 6.07) is 3.88. The van der Waals surface area contributed by atoms with Gasteiger partial charge in [0, 0.05) is 4.88 Å². The van der Waals surface area contributed by atoms with E-state index in [1.54, 1.807) is 11.3 Å². The van der Waals surface area contributed by atoms with E-state index in [0.29, 0.717) is 0 Å². The first kappa shape index (κ1) is 14.2. The summed E-state index contributed by atoms with van der Waals surface area (Å²) in [5.74, 6) is 0.0417. The van der Waals surface area contributed by atoms with Crippen molar-refractivity contribution in [2.45, 2.75) is 31.5 Å². The second-order valence-electron chi connectivity index (χ2n) is 5.05. The van der Waals surface area contributed by atoms with Crippen LogP contribution in [0.3, 0.4) is 0 Å². The Hall–Kier alpha value is -1.76. The number of pyridine rings is 1. The number of anilines is 2. The molecule has 3 nitrogen and oxygen atoms in total. The van der Waals surface area contributed by atoms with Gasteiger partial charge in [-0.15, -0.1) is 11.3 Å². The number of hydrogen-bond acceptors (Lipinski definition) is 4. The molecule has 0 amide bonds. The van der Waals surface area contributed by atoms with Crippen LogP contribution < -0.4 is 11.1 Å². The fourth-order valence-corrected chi connectivity index (χ4v) is 3.59. The van der Waals surface area contributed by atoms with Crippen LogP contribution in [0.4, 0.5) is 24.8 Å². The Labute approximate surface area is 124 Å². The predicted octanol–water partition coefficient (Wildman–Crippen LogP) is 4.23. The van der Waals surface area contributed by atoms with Crippen molar-refractivity contribution in [1.82, 2.24) is 4.98 Å². The fourth-order valence-electron chi connectivity index (χ4n) is 2.60. The molecule has 0 fully saturated rings. The van der Waals surface area contributed by atoms with Crippen molar-refractivity contribution in [3.63, 3.8) is 0 Å². The Morgan fingerprint density at radius 3 is 2.90 bits per heavy atom.